The number of aliphatic hydroxyl groups is 1. The predicted molar refractivity (Wildman–Crippen MR) is 67.1 cm³/mol. The topological polar surface area (TPSA) is 46.2 Å². The Labute approximate surface area is 99.6 Å². The highest BCUT2D eigenvalue weighted by Gasteiger charge is 2.43. The van der Waals surface area contributed by atoms with Gasteiger partial charge in [0.1, 0.15) is 0 Å². The molecule has 0 radical (unpaired) electrons. The van der Waals surface area contributed by atoms with Gasteiger partial charge in [-0.05, 0) is 37.5 Å². The maximum atomic E-state index is 10.6. The molecule has 0 aromatic heterocycles. The molecule has 1 atom stereocenters. The van der Waals surface area contributed by atoms with Crippen LogP contribution in [0.2, 0.25) is 0 Å². The third-order valence-electron chi connectivity index (χ3n) is 5.14. The van der Waals surface area contributed by atoms with Crippen molar-refractivity contribution in [1.82, 2.24) is 0 Å². The molecule has 0 aliphatic heterocycles. The summed E-state index contributed by atoms with van der Waals surface area (Å²) < 4.78 is 0. The highest BCUT2D eigenvalue weighted by atomic mass is 16.3. The second kappa shape index (κ2) is 5.05. The van der Waals surface area contributed by atoms with Gasteiger partial charge in [0, 0.05) is 12.0 Å². The summed E-state index contributed by atoms with van der Waals surface area (Å²) in [6, 6.07) is 0. The fourth-order valence-corrected chi connectivity index (χ4v) is 3.80. The second-order valence-corrected chi connectivity index (χ2v) is 6.24. The van der Waals surface area contributed by atoms with Crippen molar-refractivity contribution in [2.75, 3.05) is 6.54 Å². The van der Waals surface area contributed by atoms with Crippen molar-refractivity contribution in [2.45, 2.75) is 64.4 Å². The highest BCUT2D eigenvalue weighted by molar-refractivity contribution is 4.95. The summed E-state index contributed by atoms with van der Waals surface area (Å²) in [5.74, 6) is 1.39. The molecule has 16 heavy (non-hydrogen) atoms. The lowest BCUT2D eigenvalue weighted by atomic mass is 9.69. The molecular weight excluding hydrogens is 198 g/mol. The van der Waals surface area contributed by atoms with Gasteiger partial charge in [0.25, 0.3) is 0 Å². The van der Waals surface area contributed by atoms with Crippen molar-refractivity contribution in [3.63, 3.8) is 0 Å². The molecule has 94 valence electrons. The molecule has 2 saturated carbocycles. The monoisotopic (exact) mass is 225 g/mol. The van der Waals surface area contributed by atoms with Crippen LogP contribution in [0.4, 0.5) is 0 Å². The minimum Gasteiger partial charge on any atom is -0.392 e. The lowest BCUT2D eigenvalue weighted by molar-refractivity contribution is -0.0271. The zero-order chi connectivity index (χ0) is 11.6. The number of nitrogens with two attached hydrogens (primary N) is 1. The fourth-order valence-electron chi connectivity index (χ4n) is 3.80. The van der Waals surface area contributed by atoms with Gasteiger partial charge in [-0.2, -0.15) is 0 Å². The van der Waals surface area contributed by atoms with E-state index < -0.39 is 0 Å². The lowest BCUT2D eigenvalue weighted by Gasteiger charge is -2.40. The zero-order valence-corrected chi connectivity index (χ0v) is 10.6. The molecule has 2 fully saturated rings. The predicted octanol–water partition coefficient (Wildman–Crippen LogP) is 2.69. The van der Waals surface area contributed by atoms with Gasteiger partial charge in [-0.1, -0.05) is 32.6 Å². The van der Waals surface area contributed by atoms with Crippen LogP contribution in [0.5, 0.6) is 0 Å². The van der Waals surface area contributed by atoms with Gasteiger partial charge in [-0.25, -0.2) is 0 Å². The van der Waals surface area contributed by atoms with Crippen LogP contribution in [0.25, 0.3) is 0 Å². The Bertz CT molecular complexity index is 215. The Balaban J connectivity index is 1.97. The van der Waals surface area contributed by atoms with E-state index in [1.807, 2.05) is 0 Å². The normalized spacial score (nSPS) is 36.2. The SMILES string of the molecule is CC1CCC(C(O)C2(CN)CCCC2)CC1. The van der Waals surface area contributed by atoms with Gasteiger partial charge in [0.05, 0.1) is 6.10 Å². The van der Waals surface area contributed by atoms with Crippen molar-refractivity contribution in [2.24, 2.45) is 23.0 Å². The minimum atomic E-state index is -0.132. The molecule has 2 nitrogen and oxygen atoms in total. The molecule has 0 bridgehead atoms. The van der Waals surface area contributed by atoms with E-state index in [4.69, 9.17) is 5.73 Å². The quantitative estimate of drug-likeness (QED) is 0.775. The largest absolute Gasteiger partial charge is 0.392 e. The Morgan fingerprint density at radius 2 is 1.75 bits per heavy atom. The Kier molecular flexibility index (Phi) is 3.91. The summed E-state index contributed by atoms with van der Waals surface area (Å²) in [4.78, 5) is 0. The Hall–Kier alpha value is -0.0800. The van der Waals surface area contributed by atoms with E-state index in [9.17, 15) is 5.11 Å². The van der Waals surface area contributed by atoms with E-state index in [1.54, 1.807) is 0 Å². The van der Waals surface area contributed by atoms with Crippen LogP contribution in [-0.4, -0.2) is 17.8 Å². The summed E-state index contributed by atoms with van der Waals surface area (Å²) in [6.45, 7) is 3.01. The fraction of sp³-hybridized carbons (Fsp3) is 1.00. The van der Waals surface area contributed by atoms with Gasteiger partial charge in [-0.15, -0.1) is 0 Å². The van der Waals surface area contributed by atoms with Gasteiger partial charge >= 0.3 is 0 Å². The van der Waals surface area contributed by atoms with E-state index in [-0.39, 0.29) is 11.5 Å². The van der Waals surface area contributed by atoms with Gasteiger partial charge in [0.2, 0.25) is 0 Å². The summed E-state index contributed by atoms with van der Waals surface area (Å²) >= 11 is 0. The van der Waals surface area contributed by atoms with Crippen molar-refractivity contribution in [3.05, 3.63) is 0 Å². The minimum absolute atomic E-state index is 0.0746. The molecule has 3 N–H and O–H groups in total. The Morgan fingerprint density at radius 3 is 2.25 bits per heavy atom. The third-order valence-corrected chi connectivity index (χ3v) is 5.14. The first-order chi connectivity index (χ1) is 7.68. The maximum absolute atomic E-state index is 10.6. The first kappa shape index (κ1) is 12.4. The molecule has 0 aromatic rings. The van der Waals surface area contributed by atoms with Crippen molar-refractivity contribution in [1.29, 1.82) is 0 Å². The van der Waals surface area contributed by atoms with Gasteiger partial charge in [0.15, 0.2) is 0 Å². The number of rotatable bonds is 3. The molecule has 2 aliphatic rings. The first-order valence-corrected chi connectivity index (χ1v) is 7.06. The molecule has 0 heterocycles. The van der Waals surface area contributed by atoms with Crippen molar-refractivity contribution in [3.8, 4) is 0 Å². The summed E-state index contributed by atoms with van der Waals surface area (Å²) in [7, 11) is 0. The lowest BCUT2D eigenvalue weighted by Crippen LogP contribution is -2.44. The van der Waals surface area contributed by atoms with Gasteiger partial charge < -0.3 is 10.8 Å². The third kappa shape index (κ3) is 2.28. The maximum Gasteiger partial charge on any atom is 0.0636 e. The molecule has 0 spiro atoms. The van der Waals surface area contributed by atoms with E-state index in [0.29, 0.717) is 12.5 Å². The van der Waals surface area contributed by atoms with Crippen LogP contribution in [0.15, 0.2) is 0 Å². The van der Waals surface area contributed by atoms with Crippen LogP contribution in [-0.2, 0) is 0 Å². The number of hydrogen-bond acceptors (Lipinski definition) is 2. The van der Waals surface area contributed by atoms with E-state index in [2.05, 4.69) is 6.92 Å². The molecule has 0 saturated heterocycles. The zero-order valence-electron chi connectivity index (χ0n) is 10.6. The van der Waals surface area contributed by atoms with E-state index in [0.717, 1.165) is 18.8 Å². The number of hydrogen-bond donors (Lipinski definition) is 2. The summed E-state index contributed by atoms with van der Waals surface area (Å²) in [6.07, 6.45) is 9.70. The molecule has 2 aliphatic carbocycles. The molecule has 1 unspecified atom stereocenters. The van der Waals surface area contributed by atoms with Gasteiger partial charge in [-0.3, -0.25) is 0 Å². The molecule has 0 amide bonds. The first-order valence-electron chi connectivity index (χ1n) is 7.06. The Morgan fingerprint density at radius 1 is 1.19 bits per heavy atom. The second-order valence-electron chi connectivity index (χ2n) is 6.24. The molecule has 2 heteroatoms. The van der Waals surface area contributed by atoms with E-state index in [1.165, 1.54) is 38.5 Å². The average Bonchev–Trinajstić information content (AvgIpc) is 2.79. The standard InChI is InChI=1S/C14H27NO/c1-11-4-6-12(7-5-11)13(16)14(10-15)8-2-3-9-14/h11-13,16H,2-10,15H2,1H3. The number of aliphatic hydroxyl groups excluding tert-OH is 1. The van der Waals surface area contributed by atoms with Crippen LogP contribution >= 0.6 is 0 Å². The van der Waals surface area contributed by atoms with Crippen molar-refractivity contribution >= 4 is 0 Å². The molecular formula is C14H27NO. The van der Waals surface area contributed by atoms with Crippen molar-refractivity contribution < 1.29 is 5.11 Å². The average molecular weight is 225 g/mol. The van der Waals surface area contributed by atoms with E-state index >= 15 is 0 Å². The molecule has 0 aromatic carbocycles. The van der Waals surface area contributed by atoms with Crippen LogP contribution in [0, 0.1) is 17.3 Å². The van der Waals surface area contributed by atoms with Crippen LogP contribution in [0.1, 0.15) is 58.3 Å². The smallest absolute Gasteiger partial charge is 0.0636 e. The van der Waals surface area contributed by atoms with Crippen LogP contribution < -0.4 is 5.73 Å². The van der Waals surface area contributed by atoms with Crippen LogP contribution in [0.3, 0.4) is 0 Å². The molecule has 2 rings (SSSR count). The highest BCUT2D eigenvalue weighted by Crippen LogP contribution is 2.45. The summed E-state index contributed by atoms with van der Waals surface area (Å²) in [5, 5.41) is 10.6. The summed E-state index contributed by atoms with van der Waals surface area (Å²) in [5.41, 5.74) is 6.02.